The van der Waals surface area contributed by atoms with E-state index in [2.05, 4.69) is 9.97 Å². The third-order valence-electron chi connectivity index (χ3n) is 5.83. The molecule has 0 saturated heterocycles. The first-order valence-electron chi connectivity index (χ1n) is 10.5. The zero-order valence-electron chi connectivity index (χ0n) is 17.7. The molecule has 7 heteroatoms. The Labute approximate surface area is 189 Å². The maximum absolute atomic E-state index is 14.4. The summed E-state index contributed by atoms with van der Waals surface area (Å²) in [4.78, 5) is 20.6. The van der Waals surface area contributed by atoms with Gasteiger partial charge in [0.2, 0.25) is 5.88 Å². The van der Waals surface area contributed by atoms with Crippen molar-refractivity contribution in [3.8, 4) is 23.0 Å². The van der Waals surface area contributed by atoms with Gasteiger partial charge in [0.05, 0.1) is 18.6 Å². The van der Waals surface area contributed by atoms with E-state index in [1.165, 1.54) is 0 Å². The first-order chi connectivity index (χ1) is 16.0. The Morgan fingerprint density at radius 3 is 2.64 bits per heavy atom. The quantitative estimate of drug-likeness (QED) is 0.424. The van der Waals surface area contributed by atoms with Crippen molar-refractivity contribution in [1.29, 1.82) is 0 Å². The fraction of sp³-hybridized carbons (Fsp3) is 0.154. The molecule has 2 heterocycles. The van der Waals surface area contributed by atoms with E-state index in [1.807, 2.05) is 54.6 Å². The number of rotatable bonds is 5. The van der Waals surface area contributed by atoms with Gasteiger partial charge in [-0.15, -0.1) is 0 Å². The van der Waals surface area contributed by atoms with E-state index in [9.17, 15) is 13.6 Å². The Morgan fingerprint density at radius 1 is 1.03 bits per heavy atom. The average molecular weight is 446 g/mol. The molecule has 1 aliphatic heterocycles. The number of aromatic nitrogens is 2. The van der Waals surface area contributed by atoms with Gasteiger partial charge in [0.1, 0.15) is 28.9 Å². The van der Waals surface area contributed by atoms with Crippen molar-refractivity contribution in [3.63, 3.8) is 0 Å². The van der Waals surface area contributed by atoms with Gasteiger partial charge >= 0.3 is 5.97 Å². The molecule has 2 atom stereocenters. The lowest BCUT2D eigenvalue weighted by Crippen LogP contribution is -2.34. The monoisotopic (exact) mass is 446 g/mol. The third-order valence-corrected chi connectivity index (χ3v) is 5.83. The highest BCUT2D eigenvalue weighted by molar-refractivity contribution is 5.80. The number of hydrogen-bond donors (Lipinski definition) is 1. The fourth-order valence-electron chi connectivity index (χ4n) is 4.27. The summed E-state index contributed by atoms with van der Waals surface area (Å²) < 4.78 is 39.1. The molecule has 3 aromatic carbocycles. The van der Waals surface area contributed by atoms with Crippen molar-refractivity contribution in [1.82, 2.24) is 9.97 Å². The molecule has 5 rings (SSSR count). The Morgan fingerprint density at radius 2 is 1.85 bits per heavy atom. The topological polar surface area (TPSA) is 64.2 Å². The van der Waals surface area contributed by atoms with E-state index >= 15 is 0 Å². The Kier molecular flexibility index (Phi) is 5.38. The lowest BCUT2D eigenvalue weighted by atomic mass is 9.79. The highest BCUT2D eigenvalue weighted by Gasteiger charge is 2.41. The van der Waals surface area contributed by atoms with Gasteiger partial charge in [0.15, 0.2) is 0 Å². The largest absolute Gasteiger partial charge is 0.497 e. The second-order valence-corrected chi connectivity index (χ2v) is 7.90. The number of nitrogens with zero attached hydrogens (tertiary/aromatic N) is 1. The van der Waals surface area contributed by atoms with Gasteiger partial charge in [-0.05, 0) is 47.9 Å². The number of benzene rings is 3. The molecule has 33 heavy (non-hydrogen) atoms. The van der Waals surface area contributed by atoms with Crippen molar-refractivity contribution in [3.05, 3.63) is 101 Å². The molecule has 0 saturated carbocycles. The number of carbonyl (C=O) groups excluding carboxylic acids is 1. The predicted molar refractivity (Wildman–Crippen MR) is 118 cm³/mol. The molecule has 0 aliphatic carbocycles. The summed E-state index contributed by atoms with van der Waals surface area (Å²) in [5.41, 5.74) is 2.23. The molecule has 166 valence electrons. The number of carbonyl (C=O) groups is 1. The standard InChI is InChI=1S/C26H20F2N2O3/c1-32-18-9-5-6-15(12-18)13-20-22(16-7-3-2-4-8-16)23-25(33-26(20)31)30-24(29-23)19-14-17(27)10-11-21(19)28/h2-12,14,20,22H,13H2,1H3,(H,29,30). The highest BCUT2D eigenvalue weighted by atomic mass is 19.1. The minimum atomic E-state index is -0.627. The molecule has 2 unspecified atom stereocenters. The Balaban J connectivity index is 1.61. The molecular weight excluding hydrogens is 426 g/mol. The summed E-state index contributed by atoms with van der Waals surface area (Å²) in [7, 11) is 1.59. The first kappa shape index (κ1) is 20.9. The number of methoxy groups -OCH3 is 1. The van der Waals surface area contributed by atoms with Crippen LogP contribution in [0.1, 0.15) is 22.7 Å². The predicted octanol–water partition coefficient (Wildman–Crippen LogP) is 5.27. The fourth-order valence-corrected chi connectivity index (χ4v) is 4.27. The van der Waals surface area contributed by atoms with Gasteiger partial charge in [0.25, 0.3) is 0 Å². The zero-order chi connectivity index (χ0) is 22.9. The SMILES string of the molecule is COc1cccc(CC2C(=O)Oc3[nH]c(-c4cc(F)ccc4F)nc3C2c2ccccc2)c1. The highest BCUT2D eigenvalue weighted by Crippen LogP contribution is 2.43. The lowest BCUT2D eigenvalue weighted by Gasteiger charge is -2.29. The summed E-state index contributed by atoms with van der Waals surface area (Å²) in [6, 6.07) is 20.1. The number of aromatic amines is 1. The molecule has 5 nitrogen and oxygen atoms in total. The number of imidazole rings is 1. The van der Waals surface area contributed by atoms with Crippen molar-refractivity contribution in [2.45, 2.75) is 12.3 Å². The molecule has 0 amide bonds. The number of hydrogen-bond acceptors (Lipinski definition) is 4. The van der Waals surface area contributed by atoms with Crippen molar-refractivity contribution in [2.24, 2.45) is 5.92 Å². The number of fused-ring (bicyclic) bond motifs is 1. The smallest absolute Gasteiger partial charge is 0.317 e. The summed E-state index contributed by atoms with van der Waals surface area (Å²) in [6.07, 6.45) is 0.394. The molecule has 1 N–H and O–H groups in total. The van der Waals surface area contributed by atoms with Crippen LogP contribution in [0.25, 0.3) is 11.4 Å². The van der Waals surface area contributed by atoms with E-state index in [1.54, 1.807) is 7.11 Å². The van der Waals surface area contributed by atoms with Crippen LogP contribution in [0.4, 0.5) is 8.78 Å². The number of ether oxygens (including phenoxy) is 2. The molecule has 4 aromatic rings. The van der Waals surface area contributed by atoms with Gasteiger partial charge in [-0.2, -0.15) is 0 Å². The molecule has 0 fully saturated rings. The summed E-state index contributed by atoms with van der Waals surface area (Å²) >= 11 is 0. The van der Waals surface area contributed by atoms with Crippen LogP contribution in [0.2, 0.25) is 0 Å². The third kappa shape index (κ3) is 3.98. The number of esters is 1. The summed E-state index contributed by atoms with van der Waals surface area (Å²) in [5.74, 6) is -1.70. The molecule has 1 aliphatic rings. The molecule has 1 aromatic heterocycles. The minimum Gasteiger partial charge on any atom is -0.497 e. The van der Waals surface area contributed by atoms with Crippen LogP contribution in [0.5, 0.6) is 11.6 Å². The minimum absolute atomic E-state index is 0.0309. The lowest BCUT2D eigenvalue weighted by molar-refractivity contribution is -0.141. The van der Waals surface area contributed by atoms with E-state index in [0.29, 0.717) is 17.9 Å². The first-order valence-corrected chi connectivity index (χ1v) is 10.5. The molecule has 0 radical (unpaired) electrons. The van der Waals surface area contributed by atoms with Gasteiger partial charge in [-0.1, -0.05) is 42.5 Å². The van der Waals surface area contributed by atoms with Crippen LogP contribution >= 0.6 is 0 Å². The van der Waals surface area contributed by atoms with E-state index in [-0.39, 0.29) is 17.3 Å². The van der Waals surface area contributed by atoms with Gasteiger partial charge in [0, 0.05) is 5.92 Å². The summed E-state index contributed by atoms with van der Waals surface area (Å²) in [5, 5.41) is 0. The van der Waals surface area contributed by atoms with Crippen LogP contribution in [-0.2, 0) is 11.2 Å². The van der Waals surface area contributed by atoms with Crippen LogP contribution in [-0.4, -0.2) is 23.0 Å². The van der Waals surface area contributed by atoms with Crippen LogP contribution in [0.15, 0.2) is 72.8 Å². The maximum Gasteiger partial charge on any atom is 0.317 e. The van der Waals surface area contributed by atoms with E-state index in [4.69, 9.17) is 9.47 Å². The molecular formula is C26H20F2N2O3. The van der Waals surface area contributed by atoms with Crippen LogP contribution in [0, 0.1) is 17.6 Å². The van der Waals surface area contributed by atoms with Crippen molar-refractivity contribution >= 4 is 5.97 Å². The number of H-pyrrole nitrogens is 1. The van der Waals surface area contributed by atoms with E-state index < -0.39 is 29.4 Å². The van der Waals surface area contributed by atoms with Crippen molar-refractivity contribution in [2.75, 3.05) is 7.11 Å². The molecule has 0 spiro atoms. The molecule has 0 bridgehead atoms. The Hall–Kier alpha value is -4.00. The van der Waals surface area contributed by atoms with Crippen LogP contribution < -0.4 is 9.47 Å². The second kappa shape index (κ2) is 8.50. The number of nitrogens with one attached hydrogen (secondary N) is 1. The van der Waals surface area contributed by atoms with Gasteiger partial charge in [-0.3, -0.25) is 4.79 Å². The zero-order valence-corrected chi connectivity index (χ0v) is 17.7. The van der Waals surface area contributed by atoms with Gasteiger partial charge < -0.3 is 14.5 Å². The second-order valence-electron chi connectivity index (χ2n) is 7.90. The summed E-state index contributed by atoms with van der Waals surface area (Å²) in [6.45, 7) is 0. The normalized spacial score (nSPS) is 17.4. The Bertz CT molecular complexity index is 1320. The maximum atomic E-state index is 14.4. The average Bonchev–Trinajstić information content (AvgIpc) is 3.25. The van der Waals surface area contributed by atoms with Gasteiger partial charge in [-0.25, -0.2) is 13.8 Å². The van der Waals surface area contributed by atoms with Crippen molar-refractivity contribution < 1.29 is 23.0 Å². The van der Waals surface area contributed by atoms with E-state index in [0.717, 1.165) is 29.3 Å². The number of halogens is 2. The van der Waals surface area contributed by atoms with Crippen LogP contribution in [0.3, 0.4) is 0 Å².